The van der Waals surface area contributed by atoms with Gasteiger partial charge in [-0.3, -0.25) is 9.36 Å². The molecule has 0 fully saturated rings. The van der Waals surface area contributed by atoms with Gasteiger partial charge in [0.1, 0.15) is 5.82 Å². The van der Waals surface area contributed by atoms with Crippen molar-refractivity contribution < 1.29 is 4.79 Å². The number of aromatic nitrogens is 2. The Morgan fingerprint density at radius 3 is 2.52 bits per heavy atom. The van der Waals surface area contributed by atoms with E-state index in [4.69, 9.17) is 28.2 Å². The molecule has 2 aromatic carbocycles. The minimum absolute atomic E-state index is 0.135. The zero-order chi connectivity index (χ0) is 22.5. The molecule has 1 N–H and O–H groups in total. The average Bonchev–Trinajstić information content (AvgIpc) is 2.73. The van der Waals surface area contributed by atoms with E-state index >= 15 is 0 Å². The van der Waals surface area contributed by atoms with Crippen molar-refractivity contribution in [2.75, 3.05) is 11.9 Å². The van der Waals surface area contributed by atoms with Gasteiger partial charge in [0.2, 0.25) is 0 Å². The van der Waals surface area contributed by atoms with E-state index in [1.54, 1.807) is 51.9 Å². The number of nitrogens with one attached hydrogen (secondary N) is 1. The number of urea groups is 1. The number of fused-ring (bicyclic) bond motifs is 1. The molecule has 3 aromatic rings. The molecule has 1 aromatic heterocycles. The quantitative estimate of drug-likeness (QED) is 0.461. The number of benzene rings is 2. The fourth-order valence-corrected chi connectivity index (χ4v) is 4.07. The Bertz CT molecular complexity index is 1150. The summed E-state index contributed by atoms with van der Waals surface area (Å²) in [5.41, 5.74) is 1.01. The lowest BCUT2D eigenvalue weighted by Crippen LogP contribution is -2.41. The van der Waals surface area contributed by atoms with E-state index in [0.29, 0.717) is 52.0 Å². The standard InChI is InChI=1S/C23H26Cl2N4O2/c1-4-12-29(23(31)26-17-9-7-8-15(24)13-17)20(5-2)21-27-19-14-16(25)10-11-18(19)22(30)28(21)6-3/h7-11,13-14,20H,4-6,12H2,1-3H3,(H,26,31). The van der Waals surface area contributed by atoms with Gasteiger partial charge in [-0.2, -0.15) is 0 Å². The number of hydrogen-bond acceptors (Lipinski definition) is 3. The first-order valence-electron chi connectivity index (χ1n) is 10.4. The molecule has 8 heteroatoms. The number of nitrogens with zero attached hydrogens (tertiary/aromatic N) is 3. The molecule has 6 nitrogen and oxygen atoms in total. The zero-order valence-corrected chi connectivity index (χ0v) is 19.4. The summed E-state index contributed by atoms with van der Waals surface area (Å²) in [5, 5.41) is 4.48. The van der Waals surface area contributed by atoms with Crippen molar-refractivity contribution in [1.82, 2.24) is 14.5 Å². The highest BCUT2D eigenvalue weighted by Gasteiger charge is 2.28. The highest BCUT2D eigenvalue weighted by Crippen LogP contribution is 2.26. The third-order valence-electron chi connectivity index (χ3n) is 5.13. The van der Waals surface area contributed by atoms with Gasteiger partial charge in [-0.1, -0.05) is 43.1 Å². The van der Waals surface area contributed by atoms with Gasteiger partial charge in [0, 0.05) is 28.8 Å². The van der Waals surface area contributed by atoms with Crippen LogP contribution in [0.3, 0.4) is 0 Å². The molecule has 1 unspecified atom stereocenters. The maximum absolute atomic E-state index is 13.2. The second-order valence-electron chi connectivity index (χ2n) is 7.24. The van der Waals surface area contributed by atoms with Crippen LogP contribution in [0.15, 0.2) is 47.3 Å². The first kappa shape index (κ1) is 23.1. The smallest absolute Gasteiger partial charge is 0.314 e. The number of anilines is 1. The molecule has 0 spiro atoms. The van der Waals surface area contributed by atoms with Crippen molar-refractivity contribution in [3.63, 3.8) is 0 Å². The number of halogens is 2. The largest absolute Gasteiger partial charge is 0.322 e. The topological polar surface area (TPSA) is 67.2 Å². The second-order valence-corrected chi connectivity index (χ2v) is 8.11. The first-order chi connectivity index (χ1) is 14.9. The monoisotopic (exact) mass is 460 g/mol. The molecule has 1 atom stereocenters. The molecule has 164 valence electrons. The number of rotatable bonds is 7. The molecule has 0 saturated heterocycles. The summed E-state index contributed by atoms with van der Waals surface area (Å²) in [5.74, 6) is 0.555. The Labute approximate surface area is 191 Å². The summed E-state index contributed by atoms with van der Waals surface area (Å²) in [6.07, 6.45) is 1.36. The number of carbonyl (C=O) groups excluding carboxylic acids is 1. The first-order valence-corrected chi connectivity index (χ1v) is 11.2. The molecule has 0 saturated carbocycles. The third kappa shape index (κ3) is 5.02. The van der Waals surface area contributed by atoms with Gasteiger partial charge in [0.15, 0.2) is 0 Å². The third-order valence-corrected chi connectivity index (χ3v) is 5.60. The van der Waals surface area contributed by atoms with Gasteiger partial charge in [-0.25, -0.2) is 9.78 Å². The molecule has 0 aliphatic rings. The van der Waals surface area contributed by atoms with Gasteiger partial charge in [-0.05, 0) is 56.2 Å². The van der Waals surface area contributed by atoms with Gasteiger partial charge < -0.3 is 10.2 Å². The fourth-order valence-electron chi connectivity index (χ4n) is 3.72. The van der Waals surface area contributed by atoms with Crippen LogP contribution >= 0.6 is 23.2 Å². The van der Waals surface area contributed by atoms with Crippen LogP contribution in [-0.4, -0.2) is 27.0 Å². The Hall–Kier alpha value is -2.57. The maximum Gasteiger partial charge on any atom is 0.322 e. The predicted octanol–water partition coefficient (Wildman–Crippen LogP) is 6.12. The predicted molar refractivity (Wildman–Crippen MR) is 127 cm³/mol. The van der Waals surface area contributed by atoms with Crippen LogP contribution in [0.25, 0.3) is 10.9 Å². The molecule has 0 aliphatic heterocycles. The molecule has 1 heterocycles. The summed E-state index contributed by atoms with van der Waals surface area (Å²) in [7, 11) is 0. The normalized spacial score (nSPS) is 12.0. The molecular weight excluding hydrogens is 435 g/mol. The van der Waals surface area contributed by atoms with Crippen molar-refractivity contribution in [3.8, 4) is 0 Å². The highest BCUT2D eigenvalue weighted by molar-refractivity contribution is 6.31. The summed E-state index contributed by atoms with van der Waals surface area (Å²) in [6.45, 7) is 6.85. The van der Waals surface area contributed by atoms with Gasteiger partial charge in [0.05, 0.1) is 16.9 Å². The summed E-state index contributed by atoms with van der Waals surface area (Å²) >= 11 is 12.2. The number of amides is 2. The minimum Gasteiger partial charge on any atom is -0.314 e. The molecule has 0 bridgehead atoms. The van der Waals surface area contributed by atoms with Crippen molar-refractivity contribution in [2.45, 2.75) is 46.2 Å². The maximum atomic E-state index is 13.2. The SMILES string of the molecule is CCCN(C(=O)Nc1cccc(Cl)c1)C(CC)c1nc2cc(Cl)ccc2c(=O)n1CC. The van der Waals surface area contributed by atoms with E-state index in [1.165, 1.54) is 0 Å². The summed E-state index contributed by atoms with van der Waals surface area (Å²) < 4.78 is 1.64. The summed E-state index contributed by atoms with van der Waals surface area (Å²) in [4.78, 5) is 32.9. The van der Waals surface area contributed by atoms with Crippen LogP contribution in [-0.2, 0) is 6.54 Å². The van der Waals surface area contributed by atoms with E-state index in [-0.39, 0.29) is 17.6 Å². The molecule has 2 amide bonds. The lowest BCUT2D eigenvalue weighted by molar-refractivity contribution is 0.180. The highest BCUT2D eigenvalue weighted by atomic mass is 35.5. The van der Waals surface area contributed by atoms with E-state index in [9.17, 15) is 9.59 Å². The Kier molecular flexibility index (Phi) is 7.57. The van der Waals surface area contributed by atoms with Crippen LogP contribution in [0.4, 0.5) is 10.5 Å². The van der Waals surface area contributed by atoms with Crippen LogP contribution in [0, 0.1) is 0 Å². The molecule has 0 aliphatic carbocycles. The second kappa shape index (κ2) is 10.2. The van der Waals surface area contributed by atoms with E-state index in [2.05, 4.69) is 5.32 Å². The summed E-state index contributed by atoms with van der Waals surface area (Å²) in [6, 6.07) is 11.4. The Morgan fingerprint density at radius 2 is 1.87 bits per heavy atom. The van der Waals surface area contributed by atoms with Crippen molar-refractivity contribution in [2.24, 2.45) is 0 Å². The Morgan fingerprint density at radius 1 is 1.13 bits per heavy atom. The van der Waals surface area contributed by atoms with Crippen LogP contribution in [0.5, 0.6) is 0 Å². The number of hydrogen-bond donors (Lipinski definition) is 1. The van der Waals surface area contributed by atoms with E-state index in [0.717, 1.165) is 6.42 Å². The van der Waals surface area contributed by atoms with Crippen LogP contribution < -0.4 is 10.9 Å². The average molecular weight is 461 g/mol. The fraction of sp³-hybridized carbons (Fsp3) is 0.348. The van der Waals surface area contributed by atoms with Gasteiger partial charge >= 0.3 is 6.03 Å². The van der Waals surface area contributed by atoms with Crippen molar-refractivity contribution >= 4 is 45.8 Å². The lowest BCUT2D eigenvalue weighted by atomic mass is 10.1. The molecule has 3 rings (SSSR count). The van der Waals surface area contributed by atoms with E-state index in [1.807, 2.05) is 20.8 Å². The van der Waals surface area contributed by atoms with E-state index < -0.39 is 0 Å². The van der Waals surface area contributed by atoms with Crippen LogP contribution in [0.2, 0.25) is 10.0 Å². The minimum atomic E-state index is -0.379. The van der Waals surface area contributed by atoms with Crippen molar-refractivity contribution in [1.29, 1.82) is 0 Å². The van der Waals surface area contributed by atoms with Gasteiger partial charge in [-0.15, -0.1) is 0 Å². The lowest BCUT2D eigenvalue weighted by Gasteiger charge is -2.32. The molecule has 0 radical (unpaired) electrons. The van der Waals surface area contributed by atoms with Crippen LogP contribution in [0.1, 0.15) is 45.5 Å². The molecule has 31 heavy (non-hydrogen) atoms. The zero-order valence-electron chi connectivity index (χ0n) is 17.9. The Balaban J connectivity index is 2.07. The number of carbonyl (C=O) groups is 1. The van der Waals surface area contributed by atoms with Crippen molar-refractivity contribution in [3.05, 3.63) is 68.7 Å². The molecular formula is C23H26Cl2N4O2. The van der Waals surface area contributed by atoms with Gasteiger partial charge in [0.25, 0.3) is 5.56 Å².